The number of thiocarbonyl (C=S) groups is 1. The maximum atomic E-state index is 13.4. The average Bonchev–Trinajstić information content (AvgIpc) is 3.31. The minimum absolute atomic E-state index is 0.125. The second-order valence-electron chi connectivity index (χ2n) is 10.7. The molecule has 4 aromatic carbocycles. The fourth-order valence-electron chi connectivity index (χ4n) is 5.35. The van der Waals surface area contributed by atoms with Crippen LogP contribution in [0.4, 0.5) is 0 Å². The van der Waals surface area contributed by atoms with Gasteiger partial charge in [0.05, 0.1) is 23.7 Å². The van der Waals surface area contributed by atoms with Crippen molar-refractivity contribution >= 4 is 57.0 Å². The van der Waals surface area contributed by atoms with E-state index < -0.39 is 5.97 Å². The van der Waals surface area contributed by atoms with E-state index in [1.54, 1.807) is 29.2 Å². The van der Waals surface area contributed by atoms with Gasteiger partial charge in [0.1, 0.15) is 16.7 Å². The molecule has 0 bridgehead atoms. The van der Waals surface area contributed by atoms with Gasteiger partial charge in [0.25, 0.3) is 5.91 Å². The predicted molar refractivity (Wildman–Crippen MR) is 179 cm³/mol. The van der Waals surface area contributed by atoms with Gasteiger partial charge in [0.2, 0.25) is 0 Å². The highest BCUT2D eigenvalue weighted by Crippen LogP contribution is 2.36. The van der Waals surface area contributed by atoms with E-state index in [9.17, 15) is 9.59 Å². The lowest BCUT2D eigenvalue weighted by molar-refractivity contribution is -0.122. The molecule has 0 aromatic heterocycles. The molecule has 1 amide bonds. The van der Waals surface area contributed by atoms with Crippen LogP contribution in [0, 0.1) is 0 Å². The summed E-state index contributed by atoms with van der Waals surface area (Å²) < 4.78 is 12.3. The number of ether oxygens (including phenoxy) is 2. The Morgan fingerprint density at radius 1 is 0.955 bits per heavy atom. The minimum Gasteiger partial charge on any atom is -0.492 e. The number of carbonyl (C=O) groups is 2. The predicted octanol–water partition coefficient (Wildman–Crippen LogP) is 6.36. The van der Waals surface area contributed by atoms with Crippen molar-refractivity contribution in [3.8, 4) is 16.9 Å². The second kappa shape index (κ2) is 13.7. The molecular formula is C35H32N2O5S2. The molecule has 224 valence electrons. The number of benzene rings is 4. The summed E-state index contributed by atoms with van der Waals surface area (Å²) in [5, 5.41) is 11.4. The van der Waals surface area contributed by atoms with Crippen molar-refractivity contribution < 1.29 is 24.2 Å². The lowest BCUT2D eigenvalue weighted by atomic mass is 9.98. The molecule has 2 saturated heterocycles. The van der Waals surface area contributed by atoms with Crippen LogP contribution < -0.4 is 4.74 Å². The van der Waals surface area contributed by atoms with Crippen molar-refractivity contribution in [3.05, 3.63) is 107 Å². The summed E-state index contributed by atoms with van der Waals surface area (Å²) in [7, 11) is 0. The number of hydrogen-bond donors (Lipinski definition) is 1. The molecule has 44 heavy (non-hydrogen) atoms. The topological polar surface area (TPSA) is 79.3 Å². The molecule has 0 aliphatic carbocycles. The molecular weight excluding hydrogens is 593 g/mol. The largest absolute Gasteiger partial charge is 0.492 e. The van der Waals surface area contributed by atoms with Crippen molar-refractivity contribution in [1.82, 2.24) is 9.80 Å². The molecule has 7 nitrogen and oxygen atoms in total. The first kappa shape index (κ1) is 30.0. The van der Waals surface area contributed by atoms with E-state index in [-0.39, 0.29) is 11.5 Å². The number of hydrogen-bond acceptors (Lipinski definition) is 7. The third-order valence-electron chi connectivity index (χ3n) is 7.83. The van der Waals surface area contributed by atoms with Crippen LogP contribution in [0.3, 0.4) is 0 Å². The number of carboxylic acids is 1. The number of carbonyl (C=O) groups excluding carboxylic acids is 1. The Labute approximate surface area is 266 Å². The Morgan fingerprint density at radius 2 is 1.73 bits per heavy atom. The van der Waals surface area contributed by atoms with Crippen LogP contribution in [0.15, 0.2) is 89.8 Å². The number of carboxylic acid groups (broad SMARTS) is 1. The SMILES string of the molecule is O=C(O)c1ccc(CCN2C(=O)/C(=C/c3ccc(OCCN4CCOCC4)c(-c4ccc5ccccc5c4)c3)SC2=S)cc1. The fourth-order valence-corrected chi connectivity index (χ4v) is 6.66. The summed E-state index contributed by atoms with van der Waals surface area (Å²) in [5.41, 5.74) is 4.07. The molecule has 0 saturated carbocycles. The van der Waals surface area contributed by atoms with Crippen LogP contribution in [0.2, 0.25) is 0 Å². The molecule has 0 unspecified atom stereocenters. The Morgan fingerprint density at radius 3 is 2.50 bits per heavy atom. The molecule has 6 rings (SSSR count). The second-order valence-corrected chi connectivity index (χ2v) is 12.4. The summed E-state index contributed by atoms with van der Waals surface area (Å²) in [6.45, 7) is 5.15. The van der Waals surface area contributed by atoms with E-state index in [1.807, 2.05) is 30.3 Å². The molecule has 2 aliphatic rings. The normalized spacial score (nSPS) is 16.6. The van der Waals surface area contributed by atoms with E-state index in [2.05, 4.69) is 41.3 Å². The Kier molecular flexibility index (Phi) is 9.37. The number of amides is 1. The maximum Gasteiger partial charge on any atom is 0.335 e. The highest BCUT2D eigenvalue weighted by atomic mass is 32.2. The Balaban J connectivity index is 1.21. The van der Waals surface area contributed by atoms with Crippen LogP contribution in [-0.4, -0.2) is 77.1 Å². The highest BCUT2D eigenvalue weighted by Gasteiger charge is 2.31. The lowest BCUT2D eigenvalue weighted by Gasteiger charge is -2.26. The summed E-state index contributed by atoms with van der Waals surface area (Å²) >= 11 is 6.87. The standard InChI is InChI=1S/C35H32N2O5S2/c38-33-32(44-35(43)37(33)14-13-24-5-8-27(9-6-24)34(39)40)22-25-7-12-31(42-20-17-36-15-18-41-19-16-36)30(21-25)29-11-10-26-3-1-2-4-28(26)23-29/h1-12,21-23H,13-20H2,(H,39,40)/b32-22-. The minimum atomic E-state index is -0.963. The van der Waals surface area contributed by atoms with Crippen LogP contribution >= 0.6 is 24.0 Å². The smallest absolute Gasteiger partial charge is 0.335 e. The van der Waals surface area contributed by atoms with Gasteiger partial charge in [-0.1, -0.05) is 78.6 Å². The van der Waals surface area contributed by atoms with E-state index >= 15 is 0 Å². The molecule has 0 radical (unpaired) electrons. The third kappa shape index (κ3) is 7.03. The van der Waals surface area contributed by atoms with E-state index in [1.165, 1.54) is 17.1 Å². The third-order valence-corrected chi connectivity index (χ3v) is 9.21. The quantitative estimate of drug-likeness (QED) is 0.161. The van der Waals surface area contributed by atoms with Gasteiger partial charge in [-0.2, -0.15) is 0 Å². The van der Waals surface area contributed by atoms with Gasteiger partial charge in [-0.05, 0) is 70.3 Å². The molecule has 0 atom stereocenters. The number of thioether (sulfide) groups is 1. The first-order valence-corrected chi connectivity index (χ1v) is 15.8. The summed E-state index contributed by atoms with van der Waals surface area (Å²) in [6.07, 6.45) is 2.46. The summed E-state index contributed by atoms with van der Waals surface area (Å²) in [6, 6.07) is 27.4. The van der Waals surface area contributed by atoms with Crippen molar-refractivity contribution in [1.29, 1.82) is 0 Å². The zero-order chi connectivity index (χ0) is 30.5. The molecule has 2 fully saturated rings. The molecule has 9 heteroatoms. The van der Waals surface area contributed by atoms with Crippen LogP contribution in [0.25, 0.3) is 28.0 Å². The van der Waals surface area contributed by atoms with Crippen LogP contribution in [0.1, 0.15) is 21.5 Å². The van der Waals surface area contributed by atoms with Crippen molar-refractivity contribution in [2.24, 2.45) is 0 Å². The highest BCUT2D eigenvalue weighted by molar-refractivity contribution is 8.26. The van der Waals surface area contributed by atoms with Crippen molar-refractivity contribution in [2.75, 3.05) is 46.0 Å². The lowest BCUT2D eigenvalue weighted by Crippen LogP contribution is -2.38. The van der Waals surface area contributed by atoms with Gasteiger partial charge in [0.15, 0.2) is 0 Å². The van der Waals surface area contributed by atoms with Crippen LogP contribution in [-0.2, 0) is 16.0 Å². The molecule has 1 N–H and O–H groups in total. The molecule has 4 aromatic rings. The number of morpholine rings is 1. The van der Waals surface area contributed by atoms with Gasteiger partial charge >= 0.3 is 5.97 Å². The summed E-state index contributed by atoms with van der Waals surface area (Å²) in [4.78, 5) is 29.1. The van der Waals surface area contributed by atoms with Crippen molar-refractivity contribution in [2.45, 2.75) is 6.42 Å². The van der Waals surface area contributed by atoms with E-state index in [0.717, 1.165) is 66.2 Å². The van der Waals surface area contributed by atoms with Gasteiger partial charge in [0, 0.05) is 31.7 Å². The molecule has 2 aliphatic heterocycles. The number of rotatable bonds is 10. The molecule has 2 heterocycles. The summed E-state index contributed by atoms with van der Waals surface area (Å²) in [5.74, 6) is -0.289. The number of aromatic carboxylic acids is 1. The first-order chi connectivity index (χ1) is 21.4. The number of fused-ring (bicyclic) bond motifs is 1. The van der Waals surface area contributed by atoms with Crippen LogP contribution in [0.5, 0.6) is 5.75 Å². The first-order valence-electron chi connectivity index (χ1n) is 14.6. The fraction of sp³-hybridized carbons (Fsp3) is 0.229. The monoisotopic (exact) mass is 624 g/mol. The number of nitrogens with zero attached hydrogens (tertiary/aromatic N) is 2. The zero-order valence-corrected chi connectivity index (χ0v) is 25.7. The average molecular weight is 625 g/mol. The Hall–Kier alpha value is -4.02. The van der Waals surface area contributed by atoms with E-state index in [4.69, 9.17) is 26.8 Å². The van der Waals surface area contributed by atoms with Gasteiger partial charge < -0.3 is 14.6 Å². The van der Waals surface area contributed by atoms with Crippen molar-refractivity contribution in [3.63, 3.8) is 0 Å². The van der Waals surface area contributed by atoms with Gasteiger partial charge in [-0.3, -0.25) is 14.6 Å². The zero-order valence-electron chi connectivity index (χ0n) is 24.1. The van der Waals surface area contributed by atoms with Gasteiger partial charge in [-0.25, -0.2) is 4.79 Å². The Bertz CT molecular complexity index is 1730. The van der Waals surface area contributed by atoms with E-state index in [0.29, 0.717) is 28.8 Å². The maximum absolute atomic E-state index is 13.4. The van der Waals surface area contributed by atoms with Gasteiger partial charge in [-0.15, -0.1) is 0 Å². The molecule has 0 spiro atoms.